The molecule has 0 fully saturated rings. The highest BCUT2D eigenvalue weighted by molar-refractivity contribution is 7.09. The molecule has 0 radical (unpaired) electrons. The molecule has 4 rings (SSSR count). The fraction of sp³-hybridized carbons (Fsp3) is 0.238. The molecule has 0 saturated heterocycles. The monoisotopic (exact) mass is 415 g/mol. The summed E-state index contributed by atoms with van der Waals surface area (Å²) < 4.78 is 14.1. The summed E-state index contributed by atoms with van der Waals surface area (Å²) in [6.45, 7) is 1.99. The van der Waals surface area contributed by atoms with Crippen molar-refractivity contribution in [1.29, 1.82) is 0 Å². The maximum Gasteiger partial charge on any atom is 0.255 e. The van der Waals surface area contributed by atoms with Crippen molar-refractivity contribution < 1.29 is 9.18 Å². The highest BCUT2D eigenvalue weighted by atomic mass is 35.5. The molecule has 1 aliphatic rings. The maximum atomic E-state index is 14.1. The first-order chi connectivity index (χ1) is 13.6. The predicted molar refractivity (Wildman–Crippen MR) is 109 cm³/mol. The van der Waals surface area contributed by atoms with E-state index in [0.717, 1.165) is 24.5 Å². The molecule has 2 aromatic carbocycles. The Morgan fingerprint density at radius 1 is 1.25 bits per heavy atom. The van der Waals surface area contributed by atoms with Crippen molar-refractivity contribution in [2.45, 2.75) is 19.0 Å². The van der Waals surface area contributed by atoms with Gasteiger partial charge in [-0.15, -0.1) is 11.3 Å². The van der Waals surface area contributed by atoms with Gasteiger partial charge in [0.05, 0.1) is 16.6 Å². The minimum absolute atomic E-state index is 0.0807. The minimum atomic E-state index is -0.623. The lowest BCUT2D eigenvalue weighted by atomic mass is 9.98. The third kappa shape index (κ3) is 3.94. The van der Waals surface area contributed by atoms with Crippen LogP contribution in [0.5, 0.6) is 0 Å². The number of aromatic nitrogens is 1. The number of hydrogen-bond donors (Lipinski definition) is 1. The van der Waals surface area contributed by atoms with Crippen LogP contribution in [0.3, 0.4) is 0 Å². The average Bonchev–Trinajstić information content (AvgIpc) is 3.22. The van der Waals surface area contributed by atoms with Crippen molar-refractivity contribution in [3.8, 4) is 0 Å². The summed E-state index contributed by atoms with van der Waals surface area (Å²) in [7, 11) is 0. The van der Waals surface area contributed by atoms with Crippen LogP contribution < -0.4 is 5.32 Å². The standard InChI is InChI=1S/C21H19ClFN3OS/c22-16-6-3-7-17(23)19(16)20(27)25-12-18(21-24-9-11-28-21)26-10-8-14-4-1-2-5-15(14)13-26/h1-7,9,11,18H,8,10,12-13H2,(H,25,27). The molecule has 4 nitrogen and oxygen atoms in total. The van der Waals surface area contributed by atoms with Crippen LogP contribution in [0.2, 0.25) is 5.02 Å². The van der Waals surface area contributed by atoms with Gasteiger partial charge >= 0.3 is 0 Å². The molecular formula is C21H19ClFN3OS. The van der Waals surface area contributed by atoms with E-state index in [1.54, 1.807) is 17.5 Å². The van der Waals surface area contributed by atoms with E-state index in [-0.39, 0.29) is 16.6 Å². The molecule has 0 spiro atoms. The first-order valence-electron chi connectivity index (χ1n) is 9.06. The van der Waals surface area contributed by atoms with Crippen LogP contribution in [0.4, 0.5) is 4.39 Å². The number of rotatable bonds is 5. The maximum absolute atomic E-state index is 14.1. The van der Waals surface area contributed by atoms with E-state index in [1.165, 1.54) is 29.3 Å². The Balaban J connectivity index is 1.53. The number of nitrogens with zero attached hydrogens (tertiary/aromatic N) is 2. The van der Waals surface area contributed by atoms with Crippen LogP contribution >= 0.6 is 22.9 Å². The third-order valence-electron chi connectivity index (χ3n) is 4.98. The second kappa shape index (κ2) is 8.39. The summed E-state index contributed by atoms with van der Waals surface area (Å²) in [6.07, 6.45) is 2.71. The molecule has 7 heteroatoms. The molecule has 144 valence electrons. The Morgan fingerprint density at radius 2 is 2.07 bits per heavy atom. The van der Waals surface area contributed by atoms with Crippen LogP contribution in [0.15, 0.2) is 54.0 Å². The first-order valence-corrected chi connectivity index (χ1v) is 10.3. The molecular weight excluding hydrogens is 397 g/mol. The van der Waals surface area contributed by atoms with E-state index < -0.39 is 11.7 Å². The predicted octanol–water partition coefficient (Wildman–Crippen LogP) is 4.47. The van der Waals surface area contributed by atoms with Crippen molar-refractivity contribution >= 4 is 28.8 Å². The molecule has 1 unspecified atom stereocenters. The van der Waals surface area contributed by atoms with E-state index in [9.17, 15) is 9.18 Å². The van der Waals surface area contributed by atoms with Gasteiger partial charge in [-0.05, 0) is 29.7 Å². The van der Waals surface area contributed by atoms with E-state index in [1.807, 2.05) is 11.4 Å². The Bertz CT molecular complexity index is 959. The molecule has 0 bridgehead atoms. The largest absolute Gasteiger partial charge is 0.350 e. The second-order valence-electron chi connectivity index (χ2n) is 6.68. The number of carbonyl (C=O) groups is 1. The van der Waals surface area contributed by atoms with Crippen molar-refractivity contribution in [3.05, 3.63) is 86.6 Å². The average molecular weight is 416 g/mol. The number of carbonyl (C=O) groups excluding carboxylic acids is 1. The van der Waals surface area contributed by atoms with Gasteiger partial charge in [-0.3, -0.25) is 9.69 Å². The summed E-state index contributed by atoms with van der Waals surface area (Å²) >= 11 is 7.58. The van der Waals surface area contributed by atoms with Gasteiger partial charge in [-0.25, -0.2) is 9.37 Å². The number of halogens is 2. The Kier molecular flexibility index (Phi) is 5.71. The third-order valence-corrected chi connectivity index (χ3v) is 6.17. The fourth-order valence-corrected chi connectivity index (χ4v) is 4.57. The summed E-state index contributed by atoms with van der Waals surface area (Å²) in [6, 6.07) is 12.6. The molecule has 0 aliphatic carbocycles. The number of thiazole rings is 1. The van der Waals surface area contributed by atoms with E-state index in [0.29, 0.717) is 6.54 Å². The topological polar surface area (TPSA) is 45.2 Å². The van der Waals surface area contributed by atoms with Gasteiger partial charge in [0.15, 0.2) is 0 Å². The normalized spacial score (nSPS) is 15.1. The van der Waals surface area contributed by atoms with Crippen LogP contribution in [0.1, 0.15) is 32.5 Å². The molecule has 1 aliphatic heterocycles. The van der Waals surface area contributed by atoms with Crippen molar-refractivity contribution in [2.24, 2.45) is 0 Å². The summed E-state index contributed by atoms with van der Waals surface area (Å²) in [5.74, 6) is -1.13. The molecule has 1 amide bonds. The number of benzene rings is 2. The lowest BCUT2D eigenvalue weighted by molar-refractivity contribution is 0.0924. The molecule has 28 heavy (non-hydrogen) atoms. The van der Waals surface area contributed by atoms with Crippen molar-refractivity contribution in [2.75, 3.05) is 13.1 Å². The second-order valence-corrected chi connectivity index (χ2v) is 8.02. The zero-order chi connectivity index (χ0) is 19.5. The van der Waals surface area contributed by atoms with E-state index >= 15 is 0 Å². The molecule has 2 heterocycles. The Morgan fingerprint density at radius 3 is 2.82 bits per heavy atom. The van der Waals surface area contributed by atoms with Gasteiger partial charge in [0.2, 0.25) is 0 Å². The van der Waals surface area contributed by atoms with Gasteiger partial charge in [0, 0.05) is 31.2 Å². The van der Waals surface area contributed by atoms with Crippen molar-refractivity contribution in [3.63, 3.8) is 0 Å². The van der Waals surface area contributed by atoms with Gasteiger partial charge in [0.25, 0.3) is 5.91 Å². The first kappa shape index (κ1) is 19.1. The number of amides is 1. The zero-order valence-electron chi connectivity index (χ0n) is 15.1. The van der Waals surface area contributed by atoms with E-state index in [4.69, 9.17) is 11.6 Å². The van der Waals surface area contributed by atoms with Crippen LogP contribution in [-0.4, -0.2) is 28.9 Å². The summed E-state index contributed by atoms with van der Waals surface area (Å²) in [5.41, 5.74) is 2.53. The Hall–Kier alpha value is -2.28. The van der Waals surface area contributed by atoms with Gasteiger partial charge in [-0.1, -0.05) is 41.9 Å². The highest BCUT2D eigenvalue weighted by Gasteiger charge is 2.27. The molecule has 3 aromatic rings. The lowest BCUT2D eigenvalue weighted by Crippen LogP contribution is -2.40. The SMILES string of the molecule is O=C(NCC(c1nccs1)N1CCc2ccccc2C1)c1c(F)cccc1Cl. The summed E-state index contributed by atoms with van der Waals surface area (Å²) in [4.78, 5) is 19.3. The highest BCUT2D eigenvalue weighted by Crippen LogP contribution is 2.29. The Labute approximate surface area is 172 Å². The smallest absolute Gasteiger partial charge is 0.255 e. The lowest BCUT2D eigenvalue weighted by Gasteiger charge is -2.34. The van der Waals surface area contributed by atoms with Gasteiger partial charge in [-0.2, -0.15) is 0 Å². The quantitative estimate of drug-likeness (QED) is 0.669. The molecule has 1 N–H and O–H groups in total. The van der Waals surface area contributed by atoms with Gasteiger partial charge < -0.3 is 5.32 Å². The number of nitrogens with one attached hydrogen (secondary N) is 1. The zero-order valence-corrected chi connectivity index (χ0v) is 16.6. The number of fused-ring (bicyclic) bond motifs is 1. The van der Waals surface area contributed by atoms with Crippen LogP contribution in [0.25, 0.3) is 0 Å². The number of hydrogen-bond acceptors (Lipinski definition) is 4. The molecule has 1 atom stereocenters. The summed E-state index contributed by atoms with van der Waals surface area (Å²) in [5, 5.41) is 5.81. The fourth-order valence-electron chi connectivity index (χ4n) is 3.55. The molecule has 0 saturated carbocycles. The van der Waals surface area contributed by atoms with Crippen LogP contribution in [0, 0.1) is 5.82 Å². The van der Waals surface area contributed by atoms with E-state index in [2.05, 4.69) is 33.4 Å². The van der Waals surface area contributed by atoms with Crippen molar-refractivity contribution in [1.82, 2.24) is 15.2 Å². The minimum Gasteiger partial charge on any atom is -0.350 e. The molecule has 1 aromatic heterocycles. The van der Waals surface area contributed by atoms with Gasteiger partial charge in [0.1, 0.15) is 10.8 Å². The van der Waals surface area contributed by atoms with Crippen LogP contribution in [-0.2, 0) is 13.0 Å².